The number of rotatable bonds is 0. The molecule has 0 radical (unpaired) electrons. The molecule has 0 bridgehead atoms. The molecule has 0 saturated heterocycles. The van der Waals surface area contributed by atoms with Crippen LogP contribution < -0.4 is 0 Å². The fourth-order valence-electron chi connectivity index (χ4n) is 1.28. The quantitative estimate of drug-likeness (QED) is 0.558. The summed E-state index contributed by atoms with van der Waals surface area (Å²) < 4.78 is 4.42. The Balaban J connectivity index is 2.53. The molecular weight excluding hydrogens is 228 g/mol. The van der Waals surface area contributed by atoms with E-state index in [1.165, 1.54) is 7.11 Å². The number of aromatic amines is 1. The van der Waals surface area contributed by atoms with Crippen molar-refractivity contribution in [2.24, 2.45) is 0 Å². The van der Waals surface area contributed by atoms with Crippen LogP contribution in [0.1, 0.15) is 5.56 Å². The second-order valence-electron chi connectivity index (χ2n) is 2.96. The van der Waals surface area contributed by atoms with Crippen molar-refractivity contribution in [3.63, 3.8) is 0 Å². The molecule has 0 spiro atoms. The smallest absolute Gasteiger partial charge is 0.384 e. The highest BCUT2D eigenvalue weighted by atomic mass is 35.5. The number of H-pyrrole nitrogens is 1. The third-order valence-corrected chi connectivity index (χ3v) is 2.32. The number of carbonyl (C=O) groups excluding carboxylic acids is 1. The van der Waals surface area contributed by atoms with Crippen LogP contribution in [-0.2, 0) is 9.53 Å². The zero-order valence-corrected chi connectivity index (χ0v) is 9.13. The van der Waals surface area contributed by atoms with Gasteiger partial charge in [0.25, 0.3) is 0 Å². The number of esters is 1. The van der Waals surface area contributed by atoms with E-state index >= 15 is 0 Å². The Morgan fingerprint density at radius 3 is 3.19 bits per heavy atom. The van der Waals surface area contributed by atoms with Gasteiger partial charge in [0.15, 0.2) is 0 Å². The third kappa shape index (κ3) is 1.86. The van der Waals surface area contributed by atoms with Gasteiger partial charge in [-0.1, -0.05) is 17.5 Å². The number of methoxy groups -OCH3 is 1. The normalized spacial score (nSPS) is 9.62. The predicted octanol–water partition coefficient (Wildman–Crippen LogP) is 1.74. The lowest BCUT2D eigenvalue weighted by Gasteiger charge is -1.92. The highest BCUT2D eigenvalue weighted by Crippen LogP contribution is 2.23. The van der Waals surface area contributed by atoms with Gasteiger partial charge in [0, 0.05) is 18.3 Å². The van der Waals surface area contributed by atoms with Gasteiger partial charge in [0.2, 0.25) is 0 Å². The van der Waals surface area contributed by atoms with Crippen molar-refractivity contribution >= 4 is 28.6 Å². The number of hydrogen-bond acceptors (Lipinski definition) is 3. The van der Waals surface area contributed by atoms with Gasteiger partial charge in [-0.25, -0.2) is 9.78 Å². The Morgan fingerprint density at radius 2 is 2.44 bits per heavy atom. The fraction of sp³-hybridized carbons (Fsp3) is 0.0909. The maximum Gasteiger partial charge on any atom is 0.384 e. The molecule has 0 saturated carbocycles. The lowest BCUT2D eigenvalue weighted by atomic mass is 10.2. The lowest BCUT2D eigenvalue weighted by Crippen LogP contribution is -1.94. The second kappa shape index (κ2) is 4.25. The number of fused-ring (bicyclic) bond motifs is 1. The number of aromatic nitrogens is 2. The van der Waals surface area contributed by atoms with Crippen LogP contribution >= 0.6 is 11.6 Å². The van der Waals surface area contributed by atoms with E-state index in [9.17, 15) is 4.79 Å². The molecule has 0 amide bonds. The zero-order valence-electron chi connectivity index (χ0n) is 8.37. The van der Waals surface area contributed by atoms with Crippen molar-refractivity contribution < 1.29 is 9.53 Å². The van der Waals surface area contributed by atoms with E-state index in [2.05, 4.69) is 26.5 Å². The fourth-order valence-corrected chi connectivity index (χ4v) is 1.53. The molecule has 1 N–H and O–H groups in total. The van der Waals surface area contributed by atoms with Gasteiger partial charge in [-0.3, -0.25) is 0 Å². The minimum Gasteiger partial charge on any atom is -0.459 e. The maximum atomic E-state index is 10.9. The summed E-state index contributed by atoms with van der Waals surface area (Å²) in [4.78, 5) is 17.9. The first-order chi connectivity index (χ1) is 7.72. The third-order valence-electron chi connectivity index (χ3n) is 2.01. The van der Waals surface area contributed by atoms with Gasteiger partial charge >= 0.3 is 5.97 Å². The molecule has 0 aromatic carbocycles. The number of pyridine rings is 1. The second-order valence-corrected chi connectivity index (χ2v) is 3.37. The minimum atomic E-state index is -0.589. The van der Waals surface area contributed by atoms with Crippen molar-refractivity contribution in [3.05, 3.63) is 29.0 Å². The molecule has 2 rings (SSSR count). The van der Waals surface area contributed by atoms with E-state index in [0.29, 0.717) is 21.6 Å². The summed E-state index contributed by atoms with van der Waals surface area (Å²) in [7, 11) is 1.28. The Morgan fingerprint density at radius 1 is 1.62 bits per heavy atom. The van der Waals surface area contributed by atoms with E-state index in [-0.39, 0.29) is 0 Å². The van der Waals surface area contributed by atoms with Crippen molar-refractivity contribution in [2.45, 2.75) is 0 Å². The van der Waals surface area contributed by atoms with Gasteiger partial charge in [-0.2, -0.15) is 0 Å². The molecule has 0 aliphatic heterocycles. The molecule has 0 aliphatic carbocycles. The van der Waals surface area contributed by atoms with Crippen LogP contribution in [0.2, 0.25) is 5.02 Å². The molecule has 0 aliphatic rings. The highest BCUT2D eigenvalue weighted by Gasteiger charge is 2.06. The summed E-state index contributed by atoms with van der Waals surface area (Å²) in [5.74, 6) is 4.43. The largest absolute Gasteiger partial charge is 0.459 e. The Labute approximate surface area is 96.6 Å². The first-order valence-corrected chi connectivity index (χ1v) is 4.81. The molecule has 5 heteroatoms. The molecule has 2 aromatic heterocycles. The molecule has 2 heterocycles. The summed E-state index contributed by atoms with van der Waals surface area (Å²) in [5.41, 5.74) is 1.26. The molecule has 0 atom stereocenters. The number of carbonyl (C=O) groups is 1. The minimum absolute atomic E-state index is 0.542. The molecule has 80 valence electrons. The predicted molar refractivity (Wildman–Crippen MR) is 60.0 cm³/mol. The van der Waals surface area contributed by atoms with Gasteiger partial charge in [0.05, 0.1) is 23.1 Å². The van der Waals surface area contributed by atoms with E-state index in [1.807, 2.05) is 0 Å². The molecule has 2 aromatic rings. The van der Waals surface area contributed by atoms with Crippen LogP contribution in [0.3, 0.4) is 0 Å². The Bertz CT molecular complexity index is 607. The number of nitrogens with one attached hydrogen (secondary N) is 1. The maximum absolute atomic E-state index is 10.9. The summed E-state index contributed by atoms with van der Waals surface area (Å²) in [6, 6.07) is 1.67. The Hall–Kier alpha value is -1.99. The SMILES string of the molecule is COC(=O)C#Cc1c[nH]c2nccc(Cl)c12. The average Bonchev–Trinajstić information content (AvgIpc) is 2.70. The standard InChI is InChI=1S/C11H7ClN2O2/c1-16-9(15)3-2-7-6-14-11-10(7)8(12)4-5-13-11/h4-6H,1H3,(H,13,14). The molecule has 4 nitrogen and oxygen atoms in total. The summed E-state index contributed by atoms with van der Waals surface area (Å²) in [6.45, 7) is 0. The van der Waals surface area contributed by atoms with Crippen molar-refractivity contribution in [1.29, 1.82) is 0 Å². The number of halogens is 1. The van der Waals surface area contributed by atoms with Crippen molar-refractivity contribution in [1.82, 2.24) is 9.97 Å². The highest BCUT2D eigenvalue weighted by molar-refractivity contribution is 6.35. The van der Waals surface area contributed by atoms with Crippen molar-refractivity contribution in [3.8, 4) is 11.8 Å². The van der Waals surface area contributed by atoms with Gasteiger partial charge in [-0.05, 0) is 6.07 Å². The Kier molecular flexibility index (Phi) is 2.80. The molecule has 16 heavy (non-hydrogen) atoms. The van der Waals surface area contributed by atoms with Crippen LogP contribution in [0.25, 0.3) is 11.0 Å². The first-order valence-electron chi connectivity index (χ1n) is 4.44. The monoisotopic (exact) mass is 234 g/mol. The van der Waals surface area contributed by atoms with E-state index in [0.717, 1.165) is 0 Å². The van der Waals surface area contributed by atoms with E-state index < -0.39 is 5.97 Å². The summed E-state index contributed by atoms with van der Waals surface area (Å²) in [5, 5.41) is 1.25. The summed E-state index contributed by atoms with van der Waals surface area (Å²) in [6.07, 6.45) is 3.25. The molecule has 0 unspecified atom stereocenters. The number of nitrogens with zero attached hydrogens (tertiary/aromatic N) is 1. The molecular formula is C11H7ClN2O2. The number of hydrogen-bond donors (Lipinski definition) is 1. The van der Waals surface area contributed by atoms with Gasteiger partial charge < -0.3 is 9.72 Å². The lowest BCUT2D eigenvalue weighted by molar-refractivity contribution is -0.133. The number of ether oxygens (including phenoxy) is 1. The topological polar surface area (TPSA) is 55.0 Å². The van der Waals surface area contributed by atoms with Gasteiger partial charge in [-0.15, -0.1) is 0 Å². The van der Waals surface area contributed by atoms with Gasteiger partial charge in [0.1, 0.15) is 5.65 Å². The van der Waals surface area contributed by atoms with Crippen LogP contribution in [0, 0.1) is 11.8 Å². The first kappa shape index (κ1) is 10.5. The van der Waals surface area contributed by atoms with Crippen LogP contribution in [-0.4, -0.2) is 23.0 Å². The van der Waals surface area contributed by atoms with E-state index in [4.69, 9.17) is 11.6 Å². The molecule has 0 fully saturated rings. The van der Waals surface area contributed by atoms with Crippen LogP contribution in [0.5, 0.6) is 0 Å². The van der Waals surface area contributed by atoms with E-state index in [1.54, 1.807) is 18.5 Å². The van der Waals surface area contributed by atoms with Crippen LogP contribution in [0.4, 0.5) is 0 Å². The summed E-state index contributed by atoms with van der Waals surface area (Å²) >= 11 is 6.01. The van der Waals surface area contributed by atoms with Crippen LogP contribution in [0.15, 0.2) is 18.5 Å². The zero-order chi connectivity index (χ0) is 11.5. The van der Waals surface area contributed by atoms with Crippen molar-refractivity contribution in [2.75, 3.05) is 7.11 Å². The average molecular weight is 235 g/mol.